The normalized spacial score (nSPS) is 11.7. The van der Waals surface area contributed by atoms with E-state index in [-0.39, 0.29) is 5.65 Å². The van der Waals surface area contributed by atoms with E-state index in [0.717, 1.165) is 6.07 Å². The van der Waals surface area contributed by atoms with Crippen LogP contribution in [0.15, 0.2) is 72.8 Å². The Morgan fingerprint density at radius 2 is 1.42 bits per heavy atom. The molecule has 0 atom stereocenters. The van der Waals surface area contributed by atoms with Crippen molar-refractivity contribution in [3.05, 3.63) is 78.5 Å². The molecule has 26 heavy (non-hydrogen) atoms. The molecule has 0 radical (unpaired) electrons. The third-order valence-electron chi connectivity index (χ3n) is 3.73. The summed E-state index contributed by atoms with van der Waals surface area (Å²) in [5.41, 5.74) is 0.0210. The Bertz CT molecular complexity index is 1040. The van der Waals surface area contributed by atoms with Crippen LogP contribution in [0.3, 0.4) is 0 Å². The topological polar surface area (TPSA) is 39.9 Å². The number of rotatable bonds is 3. The molecule has 2 aromatic carbocycles. The summed E-state index contributed by atoms with van der Waals surface area (Å²) in [7, 11) is 0. The number of imidazole rings is 1. The van der Waals surface area contributed by atoms with Crippen LogP contribution in [0.2, 0.25) is 0 Å². The highest BCUT2D eigenvalue weighted by Gasteiger charge is 2.33. The van der Waals surface area contributed by atoms with Crippen molar-refractivity contribution in [3.63, 3.8) is 0 Å². The van der Waals surface area contributed by atoms with E-state index in [4.69, 9.17) is 4.84 Å². The minimum Gasteiger partial charge on any atom is -0.372 e. The monoisotopic (exact) mass is 355 g/mol. The lowest BCUT2D eigenvalue weighted by molar-refractivity contribution is -0.141. The second kappa shape index (κ2) is 6.18. The molecule has 0 amide bonds. The van der Waals surface area contributed by atoms with Gasteiger partial charge in [0, 0.05) is 5.56 Å². The molecule has 7 heteroatoms. The molecule has 0 saturated carbocycles. The number of para-hydroxylation sites is 1. The molecule has 0 unspecified atom stereocenters. The SMILES string of the molecule is FC(F)(F)c1ccc2nc(-c3ccccc3)n(Oc3ccccc3)c2n1. The van der Waals surface area contributed by atoms with Crippen LogP contribution in [-0.4, -0.2) is 14.7 Å². The van der Waals surface area contributed by atoms with E-state index >= 15 is 0 Å². The van der Waals surface area contributed by atoms with Crippen LogP contribution in [0, 0.1) is 0 Å². The Morgan fingerprint density at radius 1 is 0.769 bits per heavy atom. The number of nitrogens with zero attached hydrogens (tertiary/aromatic N) is 3. The minimum absolute atomic E-state index is 0.00234. The lowest BCUT2D eigenvalue weighted by Gasteiger charge is -2.11. The molecule has 2 aromatic heterocycles. The molecule has 4 rings (SSSR count). The number of hydrogen-bond donors (Lipinski definition) is 0. The molecular formula is C19H12F3N3O. The summed E-state index contributed by atoms with van der Waals surface area (Å²) >= 11 is 0. The van der Waals surface area contributed by atoms with Crippen molar-refractivity contribution in [1.29, 1.82) is 0 Å². The van der Waals surface area contributed by atoms with Crippen molar-refractivity contribution in [2.75, 3.05) is 0 Å². The summed E-state index contributed by atoms with van der Waals surface area (Å²) in [6.45, 7) is 0. The molecule has 0 spiro atoms. The highest BCUT2D eigenvalue weighted by atomic mass is 19.4. The van der Waals surface area contributed by atoms with Gasteiger partial charge in [-0.05, 0) is 24.3 Å². The predicted molar refractivity (Wildman–Crippen MR) is 90.4 cm³/mol. The highest BCUT2D eigenvalue weighted by molar-refractivity contribution is 5.77. The van der Waals surface area contributed by atoms with Crippen molar-refractivity contribution >= 4 is 11.2 Å². The summed E-state index contributed by atoms with van der Waals surface area (Å²) in [5, 5.41) is 0. The quantitative estimate of drug-likeness (QED) is 0.521. The molecule has 130 valence electrons. The van der Waals surface area contributed by atoms with Gasteiger partial charge in [-0.3, -0.25) is 0 Å². The summed E-state index contributed by atoms with van der Waals surface area (Å²) in [4.78, 5) is 14.0. The van der Waals surface area contributed by atoms with E-state index in [2.05, 4.69) is 9.97 Å². The Hall–Kier alpha value is -3.35. The number of halogens is 3. The molecule has 2 heterocycles. The average molecular weight is 355 g/mol. The molecule has 0 aliphatic rings. The third kappa shape index (κ3) is 2.99. The van der Waals surface area contributed by atoms with Crippen molar-refractivity contribution in [3.8, 4) is 17.1 Å². The van der Waals surface area contributed by atoms with Crippen molar-refractivity contribution < 1.29 is 18.0 Å². The average Bonchev–Trinajstić information content (AvgIpc) is 3.00. The van der Waals surface area contributed by atoms with Crippen LogP contribution in [0.25, 0.3) is 22.6 Å². The number of alkyl halides is 3. The van der Waals surface area contributed by atoms with Gasteiger partial charge in [0.15, 0.2) is 17.2 Å². The van der Waals surface area contributed by atoms with Gasteiger partial charge >= 0.3 is 6.18 Å². The van der Waals surface area contributed by atoms with Crippen molar-refractivity contribution in [2.45, 2.75) is 6.18 Å². The lowest BCUT2D eigenvalue weighted by Crippen LogP contribution is -2.11. The first-order chi connectivity index (χ1) is 12.5. The first-order valence-electron chi connectivity index (χ1n) is 7.78. The van der Waals surface area contributed by atoms with Gasteiger partial charge in [-0.25, -0.2) is 9.97 Å². The van der Waals surface area contributed by atoms with E-state index in [9.17, 15) is 13.2 Å². The summed E-state index contributed by atoms with van der Waals surface area (Å²) in [6, 6.07) is 20.0. The fourth-order valence-electron chi connectivity index (χ4n) is 2.54. The Kier molecular flexibility index (Phi) is 3.84. The summed E-state index contributed by atoms with van der Waals surface area (Å²) < 4.78 is 40.4. The zero-order valence-electron chi connectivity index (χ0n) is 13.3. The van der Waals surface area contributed by atoms with Gasteiger partial charge in [-0.15, -0.1) is 4.73 Å². The van der Waals surface area contributed by atoms with Gasteiger partial charge in [-0.1, -0.05) is 48.5 Å². The maximum Gasteiger partial charge on any atom is 0.433 e. The van der Waals surface area contributed by atoms with Crippen LogP contribution in [0.5, 0.6) is 5.75 Å². The third-order valence-corrected chi connectivity index (χ3v) is 3.73. The number of pyridine rings is 1. The first kappa shape index (κ1) is 16.1. The molecule has 0 fully saturated rings. The second-order valence-electron chi connectivity index (χ2n) is 5.54. The van der Waals surface area contributed by atoms with Crippen LogP contribution in [0.1, 0.15) is 5.69 Å². The fourth-order valence-corrected chi connectivity index (χ4v) is 2.54. The molecule has 4 nitrogen and oxygen atoms in total. The van der Waals surface area contributed by atoms with Crippen molar-refractivity contribution in [1.82, 2.24) is 14.7 Å². The highest BCUT2D eigenvalue weighted by Crippen LogP contribution is 2.31. The molecule has 4 aromatic rings. The van der Waals surface area contributed by atoms with Crippen LogP contribution in [0.4, 0.5) is 13.2 Å². The lowest BCUT2D eigenvalue weighted by atomic mass is 10.2. The smallest absolute Gasteiger partial charge is 0.372 e. The molecule has 0 aliphatic heterocycles. The Balaban J connectivity index is 1.93. The van der Waals surface area contributed by atoms with E-state index in [1.807, 2.05) is 24.3 Å². The van der Waals surface area contributed by atoms with E-state index in [1.165, 1.54) is 10.8 Å². The fraction of sp³-hybridized carbons (Fsp3) is 0.0526. The first-order valence-corrected chi connectivity index (χ1v) is 7.78. The number of fused-ring (bicyclic) bond motifs is 1. The van der Waals surface area contributed by atoms with Crippen LogP contribution >= 0.6 is 0 Å². The zero-order chi connectivity index (χ0) is 18.1. The molecule has 0 aliphatic carbocycles. The van der Waals surface area contributed by atoms with Crippen LogP contribution < -0.4 is 4.84 Å². The van der Waals surface area contributed by atoms with Gasteiger partial charge < -0.3 is 4.84 Å². The van der Waals surface area contributed by atoms with Gasteiger partial charge in [0.05, 0.1) is 0 Å². The van der Waals surface area contributed by atoms with Crippen LogP contribution in [-0.2, 0) is 6.18 Å². The Morgan fingerprint density at radius 3 is 2.08 bits per heavy atom. The predicted octanol–water partition coefficient (Wildman–Crippen LogP) is 4.96. The van der Waals surface area contributed by atoms with Crippen molar-refractivity contribution in [2.24, 2.45) is 0 Å². The molecular weight excluding hydrogens is 343 g/mol. The van der Waals surface area contributed by atoms with E-state index < -0.39 is 11.9 Å². The summed E-state index contributed by atoms with van der Waals surface area (Å²) in [6.07, 6.45) is -4.55. The maximum absolute atomic E-state index is 13.1. The molecule has 0 bridgehead atoms. The summed E-state index contributed by atoms with van der Waals surface area (Å²) in [5.74, 6) is 0.833. The number of benzene rings is 2. The van der Waals surface area contributed by atoms with E-state index in [1.54, 1.807) is 36.4 Å². The molecule has 0 N–H and O–H groups in total. The van der Waals surface area contributed by atoms with Gasteiger partial charge in [0.1, 0.15) is 11.2 Å². The largest absolute Gasteiger partial charge is 0.433 e. The maximum atomic E-state index is 13.1. The Labute approximate surface area is 146 Å². The minimum atomic E-state index is -4.55. The van der Waals surface area contributed by atoms with Gasteiger partial charge in [-0.2, -0.15) is 13.2 Å². The van der Waals surface area contributed by atoms with Gasteiger partial charge in [0.25, 0.3) is 0 Å². The standard InChI is InChI=1S/C19H12F3N3O/c20-19(21,22)16-12-11-15-18(24-16)25(26-14-9-5-2-6-10-14)17(23-15)13-7-3-1-4-8-13/h1-12H. The zero-order valence-corrected chi connectivity index (χ0v) is 13.3. The number of aromatic nitrogens is 3. The molecule has 0 saturated heterocycles. The van der Waals surface area contributed by atoms with Gasteiger partial charge in [0.2, 0.25) is 0 Å². The number of hydrogen-bond acceptors (Lipinski definition) is 3. The second-order valence-corrected chi connectivity index (χ2v) is 5.54. The van der Waals surface area contributed by atoms with E-state index in [0.29, 0.717) is 22.7 Å².